The third-order valence-corrected chi connectivity index (χ3v) is 4.34. The van der Waals surface area contributed by atoms with Crippen molar-refractivity contribution < 1.29 is 14.3 Å². The first kappa shape index (κ1) is 14.8. The van der Waals surface area contributed by atoms with Crippen LogP contribution in [0.15, 0.2) is 0 Å². The highest BCUT2D eigenvalue weighted by atomic mass is 16.5. The van der Waals surface area contributed by atoms with Gasteiger partial charge in [0, 0.05) is 33.4 Å². The van der Waals surface area contributed by atoms with Crippen molar-refractivity contribution in [3.63, 3.8) is 0 Å². The van der Waals surface area contributed by atoms with Gasteiger partial charge in [-0.2, -0.15) is 0 Å². The van der Waals surface area contributed by atoms with Gasteiger partial charge in [-0.15, -0.1) is 0 Å². The summed E-state index contributed by atoms with van der Waals surface area (Å²) in [5.74, 6) is 0.886. The molecular weight excluding hydrogens is 244 g/mol. The second kappa shape index (κ2) is 6.68. The number of ether oxygens (including phenoxy) is 2. The normalized spacial score (nSPS) is 28.4. The van der Waals surface area contributed by atoms with Crippen LogP contribution in [0.1, 0.15) is 26.2 Å². The molecule has 0 spiro atoms. The van der Waals surface area contributed by atoms with Crippen molar-refractivity contribution in [1.29, 1.82) is 0 Å². The lowest BCUT2D eigenvalue weighted by Crippen LogP contribution is -2.49. The van der Waals surface area contributed by atoms with Crippen LogP contribution in [0.4, 0.5) is 0 Å². The molecule has 1 aliphatic heterocycles. The van der Waals surface area contributed by atoms with Gasteiger partial charge in [0.1, 0.15) is 0 Å². The molecule has 5 nitrogen and oxygen atoms in total. The van der Waals surface area contributed by atoms with Gasteiger partial charge in [0.2, 0.25) is 5.91 Å². The quantitative estimate of drug-likeness (QED) is 0.737. The van der Waals surface area contributed by atoms with E-state index >= 15 is 0 Å². The first-order chi connectivity index (χ1) is 9.17. The van der Waals surface area contributed by atoms with E-state index in [4.69, 9.17) is 9.47 Å². The Hall–Kier alpha value is -0.650. The monoisotopic (exact) mass is 270 g/mol. The molecule has 3 atom stereocenters. The Bertz CT molecular complexity index is 307. The molecule has 1 amide bonds. The largest absolute Gasteiger partial charge is 0.383 e. The summed E-state index contributed by atoms with van der Waals surface area (Å²) < 4.78 is 10.5. The maximum absolute atomic E-state index is 12.6. The number of nitrogens with zero attached hydrogens (tertiary/aromatic N) is 1. The highest BCUT2D eigenvalue weighted by Gasteiger charge is 2.38. The van der Waals surface area contributed by atoms with Gasteiger partial charge >= 0.3 is 0 Å². The molecule has 2 rings (SSSR count). The van der Waals surface area contributed by atoms with Crippen molar-refractivity contribution in [3.8, 4) is 0 Å². The summed E-state index contributed by atoms with van der Waals surface area (Å²) in [6.45, 7) is 4.21. The fourth-order valence-electron chi connectivity index (χ4n) is 2.81. The first-order valence-electron chi connectivity index (χ1n) is 7.23. The lowest BCUT2D eigenvalue weighted by atomic mass is 10.1. The van der Waals surface area contributed by atoms with E-state index in [1.54, 1.807) is 14.2 Å². The summed E-state index contributed by atoms with van der Waals surface area (Å²) in [5.41, 5.74) is 0. The molecule has 0 aromatic heterocycles. The average Bonchev–Trinajstić information content (AvgIpc) is 3.16. The number of rotatable bonds is 7. The number of amides is 1. The van der Waals surface area contributed by atoms with Crippen molar-refractivity contribution in [3.05, 3.63) is 0 Å². The number of carbonyl (C=O) groups is 1. The molecule has 5 heteroatoms. The Labute approximate surface area is 115 Å². The molecule has 1 saturated heterocycles. The molecule has 0 aromatic rings. The van der Waals surface area contributed by atoms with Gasteiger partial charge in [0.05, 0.1) is 18.8 Å². The SMILES string of the molecule is COCCN(C(=O)C1CC(OC)CN1)C(C)C1CC1. The van der Waals surface area contributed by atoms with E-state index in [9.17, 15) is 4.79 Å². The van der Waals surface area contributed by atoms with Crippen LogP contribution in [0.5, 0.6) is 0 Å². The van der Waals surface area contributed by atoms with E-state index in [1.807, 2.05) is 4.90 Å². The predicted octanol–water partition coefficient (Wildman–Crippen LogP) is 0.637. The second-order valence-electron chi connectivity index (χ2n) is 5.66. The van der Waals surface area contributed by atoms with E-state index in [1.165, 1.54) is 12.8 Å². The van der Waals surface area contributed by atoms with Crippen LogP contribution in [-0.4, -0.2) is 62.9 Å². The molecule has 1 saturated carbocycles. The molecule has 0 aromatic carbocycles. The topological polar surface area (TPSA) is 50.8 Å². The van der Waals surface area contributed by atoms with E-state index in [0.717, 1.165) is 13.0 Å². The van der Waals surface area contributed by atoms with E-state index in [2.05, 4.69) is 12.2 Å². The zero-order valence-electron chi connectivity index (χ0n) is 12.2. The minimum Gasteiger partial charge on any atom is -0.383 e. The molecule has 1 heterocycles. The van der Waals surface area contributed by atoms with Gasteiger partial charge in [-0.25, -0.2) is 0 Å². The van der Waals surface area contributed by atoms with Crippen molar-refractivity contribution >= 4 is 5.91 Å². The van der Waals surface area contributed by atoms with Crippen LogP contribution in [0.3, 0.4) is 0 Å². The Kier molecular flexibility index (Phi) is 5.19. The molecule has 0 radical (unpaired) electrons. The number of carbonyl (C=O) groups excluding carboxylic acids is 1. The van der Waals surface area contributed by atoms with E-state index < -0.39 is 0 Å². The summed E-state index contributed by atoms with van der Waals surface area (Å²) in [7, 11) is 3.38. The molecule has 1 aliphatic carbocycles. The van der Waals surface area contributed by atoms with Gasteiger partial charge in [0.15, 0.2) is 0 Å². The number of hydrogen-bond acceptors (Lipinski definition) is 4. The minimum atomic E-state index is -0.0944. The second-order valence-corrected chi connectivity index (χ2v) is 5.66. The maximum atomic E-state index is 12.6. The molecule has 0 bridgehead atoms. The number of hydrogen-bond donors (Lipinski definition) is 1. The van der Waals surface area contributed by atoms with Crippen LogP contribution in [-0.2, 0) is 14.3 Å². The third kappa shape index (κ3) is 3.68. The van der Waals surface area contributed by atoms with Crippen LogP contribution >= 0.6 is 0 Å². The van der Waals surface area contributed by atoms with Crippen LogP contribution in [0.2, 0.25) is 0 Å². The standard InChI is InChI=1S/C14H26N2O3/c1-10(11-4-5-11)16(6-7-18-2)14(17)13-8-12(19-3)9-15-13/h10-13,15H,4-9H2,1-3H3. The van der Waals surface area contributed by atoms with Gasteiger partial charge in [-0.1, -0.05) is 0 Å². The Morgan fingerprint density at radius 3 is 2.68 bits per heavy atom. The van der Waals surface area contributed by atoms with Gasteiger partial charge in [0.25, 0.3) is 0 Å². The first-order valence-corrected chi connectivity index (χ1v) is 7.23. The Balaban J connectivity index is 1.94. The highest BCUT2D eigenvalue weighted by molar-refractivity contribution is 5.82. The van der Waals surface area contributed by atoms with Crippen molar-refractivity contribution in [2.24, 2.45) is 5.92 Å². The zero-order chi connectivity index (χ0) is 13.8. The maximum Gasteiger partial charge on any atom is 0.240 e. The molecule has 1 N–H and O–H groups in total. The fourth-order valence-corrected chi connectivity index (χ4v) is 2.81. The lowest BCUT2D eigenvalue weighted by molar-refractivity contribution is -0.136. The lowest BCUT2D eigenvalue weighted by Gasteiger charge is -2.31. The minimum absolute atomic E-state index is 0.0944. The Morgan fingerprint density at radius 1 is 1.42 bits per heavy atom. The third-order valence-electron chi connectivity index (χ3n) is 4.34. The molecular formula is C14H26N2O3. The molecule has 3 unspecified atom stereocenters. The van der Waals surface area contributed by atoms with Crippen LogP contribution < -0.4 is 5.32 Å². The zero-order valence-corrected chi connectivity index (χ0v) is 12.2. The van der Waals surface area contributed by atoms with Crippen molar-refractivity contribution in [2.75, 3.05) is 33.9 Å². The van der Waals surface area contributed by atoms with Gasteiger partial charge in [-0.05, 0) is 32.1 Å². The van der Waals surface area contributed by atoms with Crippen LogP contribution in [0, 0.1) is 5.92 Å². The molecule has 2 aliphatic rings. The summed E-state index contributed by atoms with van der Waals surface area (Å²) in [4.78, 5) is 14.6. The van der Waals surface area contributed by atoms with E-state index in [0.29, 0.717) is 25.1 Å². The smallest absolute Gasteiger partial charge is 0.240 e. The van der Waals surface area contributed by atoms with Crippen LogP contribution in [0.25, 0.3) is 0 Å². The molecule has 2 fully saturated rings. The molecule has 19 heavy (non-hydrogen) atoms. The van der Waals surface area contributed by atoms with Gasteiger partial charge < -0.3 is 19.7 Å². The molecule has 110 valence electrons. The fraction of sp³-hybridized carbons (Fsp3) is 0.929. The average molecular weight is 270 g/mol. The number of nitrogens with one attached hydrogen (secondary N) is 1. The number of methoxy groups -OCH3 is 2. The Morgan fingerprint density at radius 2 is 2.16 bits per heavy atom. The summed E-state index contributed by atoms with van der Waals surface area (Å²) in [6, 6.07) is 0.231. The summed E-state index contributed by atoms with van der Waals surface area (Å²) in [6.07, 6.45) is 3.43. The predicted molar refractivity (Wildman–Crippen MR) is 73.0 cm³/mol. The van der Waals surface area contributed by atoms with Crippen molar-refractivity contribution in [1.82, 2.24) is 10.2 Å². The summed E-state index contributed by atoms with van der Waals surface area (Å²) >= 11 is 0. The van der Waals surface area contributed by atoms with Gasteiger partial charge in [-0.3, -0.25) is 4.79 Å². The highest BCUT2D eigenvalue weighted by Crippen LogP contribution is 2.35. The summed E-state index contributed by atoms with van der Waals surface area (Å²) in [5, 5.41) is 3.27. The van der Waals surface area contributed by atoms with E-state index in [-0.39, 0.29) is 18.1 Å². The van der Waals surface area contributed by atoms with Crippen molar-refractivity contribution in [2.45, 2.75) is 44.4 Å².